The van der Waals surface area contributed by atoms with Gasteiger partial charge in [0.1, 0.15) is 0 Å². The van der Waals surface area contributed by atoms with E-state index in [0.717, 1.165) is 26.3 Å². The molecule has 0 aromatic heterocycles. The molecule has 4 nitrogen and oxygen atoms in total. The molecule has 19 heavy (non-hydrogen) atoms. The highest BCUT2D eigenvalue weighted by Crippen LogP contribution is 2.37. The summed E-state index contributed by atoms with van der Waals surface area (Å²) in [5.74, 6) is 0. The number of hydrogen-bond donors (Lipinski definition) is 1. The fourth-order valence-electron chi connectivity index (χ4n) is 3.13. The first-order valence-corrected chi connectivity index (χ1v) is 7.43. The summed E-state index contributed by atoms with van der Waals surface area (Å²) in [6.45, 7) is 8.32. The molecule has 2 unspecified atom stereocenters. The molecule has 0 bridgehead atoms. The van der Waals surface area contributed by atoms with Gasteiger partial charge in [0.2, 0.25) is 0 Å². The first kappa shape index (κ1) is 16.9. The average Bonchev–Trinajstić information content (AvgIpc) is 2.38. The summed E-state index contributed by atoms with van der Waals surface area (Å²) in [5.41, 5.74) is 0.441. The SMILES string of the molecule is CNC1CCC(C)(C)CC1N(CCOC)CCOC. The third-order valence-corrected chi connectivity index (χ3v) is 4.36. The maximum absolute atomic E-state index is 5.26. The van der Waals surface area contributed by atoms with Gasteiger partial charge >= 0.3 is 0 Å². The van der Waals surface area contributed by atoms with Crippen LogP contribution in [-0.2, 0) is 9.47 Å². The van der Waals surface area contributed by atoms with Crippen molar-refractivity contribution < 1.29 is 9.47 Å². The highest BCUT2D eigenvalue weighted by molar-refractivity contribution is 4.94. The largest absolute Gasteiger partial charge is 0.383 e. The molecule has 0 aromatic carbocycles. The van der Waals surface area contributed by atoms with Crippen LogP contribution in [0.1, 0.15) is 33.1 Å². The first-order chi connectivity index (χ1) is 9.04. The summed E-state index contributed by atoms with van der Waals surface area (Å²) in [6, 6.07) is 1.17. The molecule has 1 aliphatic carbocycles. The molecule has 0 amide bonds. The van der Waals surface area contributed by atoms with Crippen molar-refractivity contribution in [2.24, 2.45) is 5.41 Å². The molecule has 0 heterocycles. The fraction of sp³-hybridized carbons (Fsp3) is 1.00. The van der Waals surface area contributed by atoms with Crippen LogP contribution in [0.4, 0.5) is 0 Å². The molecule has 114 valence electrons. The molecule has 0 aliphatic heterocycles. The van der Waals surface area contributed by atoms with Crippen LogP contribution in [0.2, 0.25) is 0 Å². The lowest BCUT2D eigenvalue weighted by atomic mass is 9.72. The van der Waals surface area contributed by atoms with Crippen molar-refractivity contribution in [3.63, 3.8) is 0 Å². The zero-order valence-corrected chi connectivity index (χ0v) is 13.4. The van der Waals surface area contributed by atoms with Crippen LogP contribution < -0.4 is 5.32 Å². The topological polar surface area (TPSA) is 33.7 Å². The van der Waals surface area contributed by atoms with Gasteiger partial charge in [0.15, 0.2) is 0 Å². The first-order valence-electron chi connectivity index (χ1n) is 7.43. The summed E-state index contributed by atoms with van der Waals surface area (Å²) in [7, 11) is 5.63. The van der Waals surface area contributed by atoms with E-state index in [1.54, 1.807) is 14.2 Å². The lowest BCUT2D eigenvalue weighted by Crippen LogP contribution is -2.55. The van der Waals surface area contributed by atoms with Crippen molar-refractivity contribution >= 4 is 0 Å². The monoisotopic (exact) mass is 272 g/mol. The number of methoxy groups -OCH3 is 2. The van der Waals surface area contributed by atoms with Crippen LogP contribution >= 0.6 is 0 Å². The zero-order chi connectivity index (χ0) is 14.3. The van der Waals surface area contributed by atoms with E-state index in [2.05, 4.69) is 31.1 Å². The normalized spacial score (nSPS) is 26.8. The predicted octanol–water partition coefficient (Wildman–Crippen LogP) is 1.75. The van der Waals surface area contributed by atoms with Gasteiger partial charge in [-0.2, -0.15) is 0 Å². The Kier molecular flexibility index (Phi) is 7.29. The van der Waals surface area contributed by atoms with E-state index in [1.165, 1.54) is 19.3 Å². The van der Waals surface area contributed by atoms with Gasteiger partial charge in [-0.05, 0) is 31.7 Å². The smallest absolute Gasteiger partial charge is 0.0589 e. The van der Waals surface area contributed by atoms with E-state index >= 15 is 0 Å². The summed E-state index contributed by atoms with van der Waals surface area (Å²) in [6.07, 6.45) is 3.80. The number of rotatable bonds is 8. The molecule has 0 saturated heterocycles. The second-order valence-electron chi connectivity index (χ2n) is 6.39. The summed E-state index contributed by atoms with van der Waals surface area (Å²) < 4.78 is 10.5. The van der Waals surface area contributed by atoms with E-state index in [9.17, 15) is 0 Å². The van der Waals surface area contributed by atoms with Crippen LogP contribution in [0, 0.1) is 5.41 Å². The number of ether oxygens (including phenoxy) is 2. The average molecular weight is 272 g/mol. The minimum Gasteiger partial charge on any atom is -0.383 e. The Balaban J connectivity index is 2.69. The number of nitrogens with zero attached hydrogens (tertiary/aromatic N) is 1. The zero-order valence-electron chi connectivity index (χ0n) is 13.4. The van der Waals surface area contributed by atoms with E-state index in [1.807, 2.05) is 0 Å². The molecule has 1 N–H and O–H groups in total. The van der Waals surface area contributed by atoms with Gasteiger partial charge < -0.3 is 14.8 Å². The van der Waals surface area contributed by atoms with Gasteiger partial charge in [0.25, 0.3) is 0 Å². The van der Waals surface area contributed by atoms with Gasteiger partial charge in [-0.25, -0.2) is 0 Å². The van der Waals surface area contributed by atoms with E-state index < -0.39 is 0 Å². The van der Waals surface area contributed by atoms with Gasteiger partial charge in [-0.1, -0.05) is 13.8 Å². The molecule has 1 saturated carbocycles. The quantitative estimate of drug-likeness (QED) is 0.730. The maximum atomic E-state index is 5.26. The third kappa shape index (κ3) is 5.38. The van der Waals surface area contributed by atoms with Crippen LogP contribution in [0.25, 0.3) is 0 Å². The van der Waals surface area contributed by atoms with Crippen molar-refractivity contribution in [2.75, 3.05) is 47.6 Å². The molecule has 4 heteroatoms. The minimum atomic E-state index is 0.441. The van der Waals surface area contributed by atoms with E-state index in [4.69, 9.17) is 9.47 Å². The molecule has 1 rings (SSSR count). The number of nitrogens with one attached hydrogen (secondary N) is 1. The Morgan fingerprint density at radius 2 is 1.74 bits per heavy atom. The maximum Gasteiger partial charge on any atom is 0.0589 e. The van der Waals surface area contributed by atoms with E-state index in [0.29, 0.717) is 17.5 Å². The molecule has 1 aliphatic rings. The Morgan fingerprint density at radius 1 is 1.16 bits per heavy atom. The Labute approximate surface area is 118 Å². The molecule has 0 spiro atoms. The van der Waals surface area contributed by atoms with Crippen LogP contribution in [-0.4, -0.2) is 64.6 Å². The van der Waals surface area contributed by atoms with Crippen molar-refractivity contribution in [1.82, 2.24) is 10.2 Å². The second kappa shape index (κ2) is 8.20. The van der Waals surface area contributed by atoms with Gasteiger partial charge in [0, 0.05) is 39.4 Å². The Hall–Kier alpha value is -0.160. The molecule has 0 aromatic rings. The lowest BCUT2D eigenvalue weighted by molar-refractivity contribution is 0.0316. The summed E-state index contributed by atoms with van der Waals surface area (Å²) in [4.78, 5) is 2.54. The molecular formula is C15H32N2O2. The minimum absolute atomic E-state index is 0.441. The number of likely N-dealkylation sites (N-methyl/N-ethyl adjacent to an activating group) is 1. The second-order valence-corrected chi connectivity index (χ2v) is 6.39. The van der Waals surface area contributed by atoms with Crippen LogP contribution in [0.15, 0.2) is 0 Å². The summed E-state index contributed by atoms with van der Waals surface area (Å²) >= 11 is 0. The van der Waals surface area contributed by atoms with Gasteiger partial charge in [0.05, 0.1) is 13.2 Å². The highest BCUT2D eigenvalue weighted by Gasteiger charge is 2.37. The number of hydrogen-bond acceptors (Lipinski definition) is 4. The van der Waals surface area contributed by atoms with Gasteiger partial charge in [-0.3, -0.25) is 4.90 Å². The Morgan fingerprint density at radius 3 is 2.21 bits per heavy atom. The predicted molar refractivity (Wildman–Crippen MR) is 79.6 cm³/mol. The molecular weight excluding hydrogens is 240 g/mol. The van der Waals surface area contributed by atoms with E-state index in [-0.39, 0.29) is 0 Å². The van der Waals surface area contributed by atoms with Crippen LogP contribution in [0.5, 0.6) is 0 Å². The summed E-state index contributed by atoms with van der Waals surface area (Å²) in [5, 5.41) is 3.50. The van der Waals surface area contributed by atoms with Crippen molar-refractivity contribution in [2.45, 2.75) is 45.2 Å². The van der Waals surface area contributed by atoms with Crippen molar-refractivity contribution in [3.05, 3.63) is 0 Å². The van der Waals surface area contributed by atoms with Crippen LogP contribution in [0.3, 0.4) is 0 Å². The highest BCUT2D eigenvalue weighted by atomic mass is 16.5. The molecule has 1 fully saturated rings. The molecule has 0 radical (unpaired) electrons. The lowest BCUT2D eigenvalue weighted by Gasteiger charge is -2.46. The van der Waals surface area contributed by atoms with Crippen molar-refractivity contribution in [3.8, 4) is 0 Å². The fourth-order valence-corrected chi connectivity index (χ4v) is 3.13. The Bertz CT molecular complexity index is 238. The standard InChI is InChI=1S/C15H32N2O2/c1-15(2)7-6-13(16-3)14(12-15)17(8-10-18-4)9-11-19-5/h13-14,16H,6-12H2,1-5H3. The van der Waals surface area contributed by atoms with Crippen molar-refractivity contribution in [1.29, 1.82) is 0 Å². The third-order valence-electron chi connectivity index (χ3n) is 4.36. The molecule has 2 atom stereocenters. The van der Waals surface area contributed by atoms with Gasteiger partial charge in [-0.15, -0.1) is 0 Å².